The van der Waals surface area contributed by atoms with Crippen LogP contribution < -0.4 is 5.32 Å². The van der Waals surface area contributed by atoms with Gasteiger partial charge < -0.3 is 5.32 Å². The van der Waals surface area contributed by atoms with Crippen LogP contribution in [0.15, 0.2) is 36.5 Å². The van der Waals surface area contributed by atoms with Crippen molar-refractivity contribution >= 4 is 0 Å². The third-order valence-electron chi connectivity index (χ3n) is 3.14. The van der Waals surface area contributed by atoms with E-state index in [0.717, 1.165) is 17.8 Å². The Morgan fingerprint density at radius 1 is 1.33 bits per heavy atom. The molecule has 1 aromatic carbocycles. The van der Waals surface area contributed by atoms with E-state index in [1.54, 1.807) is 12.3 Å². The lowest BCUT2D eigenvalue weighted by Crippen LogP contribution is -2.22. The fourth-order valence-electron chi connectivity index (χ4n) is 2.14. The van der Waals surface area contributed by atoms with Crippen LogP contribution in [0, 0.1) is 5.82 Å². The van der Waals surface area contributed by atoms with Gasteiger partial charge in [-0.15, -0.1) is 0 Å². The lowest BCUT2D eigenvalue weighted by molar-refractivity contribution is 0.501. The molecule has 18 heavy (non-hydrogen) atoms. The van der Waals surface area contributed by atoms with E-state index >= 15 is 0 Å². The number of aromatic nitrogens is 2. The van der Waals surface area contributed by atoms with Crippen molar-refractivity contribution in [3.8, 4) is 0 Å². The Labute approximate surface area is 107 Å². The molecule has 0 aliphatic heterocycles. The van der Waals surface area contributed by atoms with Crippen LogP contribution in [-0.4, -0.2) is 16.8 Å². The molecule has 0 amide bonds. The van der Waals surface area contributed by atoms with Crippen LogP contribution in [0.25, 0.3) is 0 Å². The molecule has 0 fully saturated rings. The molecule has 1 heterocycles. The van der Waals surface area contributed by atoms with Crippen LogP contribution in [0.4, 0.5) is 4.39 Å². The molecule has 2 rings (SSSR count). The fraction of sp³-hybridized carbons (Fsp3) is 0.357. The standard InChI is InChI=1S/C14H18FN3/c1-3-18-14(8-9-17-18)13(16-2)10-11-6-4-5-7-12(11)15/h4-9,13,16H,3,10H2,1-2H3. The third kappa shape index (κ3) is 2.59. The van der Waals surface area contributed by atoms with Crippen molar-refractivity contribution in [3.63, 3.8) is 0 Å². The highest BCUT2D eigenvalue weighted by molar-refractivity contribution is 5.21. The Kier molecular flexibility index (Phi) is 4.10. The normalized spacial score (nSPS) is 12.6. The maximum Gasteiger partial charge on any atom is 0.126 e. The lowest BCUT2D eigenvalue weighted by atomic mass is 10.0. The van der Waals surface area contributed by atoms with Crippen molar-refractivity contribution in [2.45, 2.75) is 25.9 Å². The molecule has 0 radical (unpaired) electrons. The fourth-order valence-corrected chi connectivity index (χ4v) is 2.14. The van der Waals surface area contributed by atoms with E-state index in [-0.39, 0.29) is 11.9 Å². The maximum absolute atomic E-state index is 13.7. The first-order valence-electron chi connectivity index (χ1n) is 6.18. The predicted molar refractivity (Wildman–Crippen MR) is 69.8 cm³/mol. The molecule has 0 spiro atoms. The summed E-state index contributed by atoms with van der Waals surface area (Å²) in [5, 5.41) is 7.48. The second-order valence-electron chi connectivity index (χ2n) is 4.21. The number of hydrogen-bond acceptors (Lipinski definition) is 2. The van der Waals surface area contributed by atoms with Crippen LogP contribution in [0.3, 0.4) is 0 Å². The highest BCUT2D eigenvalue weighted by atomic mass is 19.1. The highest BCUT2D eigenvalue weighted by Crippen LogP contribution is 2.19. The number of aryl methyl sites for hydroxylation is 1. The van der Waals surface area contributed by atoms with Crippen molar-refractivity contribution < 1.29 is 4.39 Å². The summed E-state index contributed by atoms with van der Waals surface area (Å²) in [7, 11) is 1.89. The van der Waals surface area contributed by atoms with E-state index in [4.69, 9.17) is 0 Å². The zero-order valence-corrected chi connectivity index (χ0v) is 10.7. The lowest BCUT2D eigenvalue weighted by Gasteiger charge is -2.18. The van der Waals surface area contributed by atoms with Gasteiger partial charge in [-0.25, -0.2) is 4.39 Å². The molecule has 0 aliphatic carbocycles. The van der Waals surface area contributed by atoms with Gasteiger partial charge in [0.1, 0.15) is 5.82 Å². The van der Waals surface area contributed by atoms with Crippen molar-refractivity contribution in [2.75, 3.05) is 7.05 Å². The van der Waals surface area contributed by atoms with Gasteiger partial charge in [0.2, 0.25) is 0 Å². The molecule has 1 N–H and O–H groups in total. The van der Waals surface area contributed by atoms with Crippen LogP contribution >= 0.6 is 0 Å². The summed E-state index contributed by atoms with van der Waals surface area (Å²) >= 11 is 0. The quantitative estimate of drug-likeness (QED) is 0.880. The average Bonchev–Trinajstić information content (AvgIpc) is 2.86. The molecule has 2 aromatic rings. The van der Waals surface area contributed by atoms with E-state index in [1.807, 2.05) is 36.9 Å². The predicted octanol–water partition coefficient (Wildman–Crippen LogP) is 2.55. The number of hydrogen-bond donors (Lipinski definition) is 1. The minimum absolute atomic E-state index is 0.0735. The SMILES string of the molecule is CCn1nccc1C(Cc1ccccc1F)NC. The van der Waals surface area contributed by atoms with Crippen LogP contribution in [0.5, 0.6) is 0 Å². The van der Waals surface area contributed by atoms with Gasteiger partial charge >= 0.3 is 0 Å². The molecular weight excluding hydrogens is 229 g/mol. The first-order valence-corrected chi connectivity index (χ1v) is 6.18. The number of rotatable bonds is 5. The van der Waals surface area contributed by atoms with Gasteiger partial charge in [-0.2, -0.15) is 5.10 Å². The minimum Gasteiger partial charge on any atom is -0.311 e. The van der Waals surface area contributed by atoms with E-state index in [9.17, 15) is 4.39 Å². The van der Waals surface area contributed by atoms with Crippen molar-refractivity contribution in [2.24, 2.45) is 0 Å². The molecule has 96 valence electrons. The van der Waals surface area contributed by atoms with Crippen molar-refractivity contribution in [3.05, 3.63) is 53.6 Å². The van der Waals surface area contributed by atoms with Gasteiger partial charge in [-0.05, 0) is 38.1 Å². The van der Waals surface area contributed by atoms with Gasteiger partial charge in [0.15, 0.2) is 0 Å². The first kappa shape index (κ1) is 12.8. The first-order chi connectivity index (χ1) is 8.76. The Balaban J connectivity index is 2.23. The maximum atomic E-state index is 13.7. The van der Waals surface area contributed by atoms with E-state index in [2.05, 4.69) is 10.4 Å². The van der Waals surface area contributed by atoms with E-state index in [1.165, 1.54) is 6.07 Å². The molecule has 0 aliphatic rings. The van der Waals surface area contributed by atoms with Crippen LogP contribution in [-0.2, 0) is 13.0 Å². The molecule has 3 nitrogen and oxygen atoms in total. The zero-order valence-electron chi connectivity index (χ0n) is 10.7. The van der Waals surface area contributed by atoms with Crippen molar-refractivity contribution in [1.29, 1.82) is 0 Å². The second kappa shape index (κ2) is 5.78. The van der Waals surface area contributed by atoms with Gasteiger partial charge in [0, 0.05) is 12.7 Å². The van der Waals surface area contributed by atoms with E-state index in [0.29, 0.717) is 6.42 Å². The van der Waals surface area contributed by atoms with Gasteiger partial charge in [-0.1, -0.05) is 18.2 Å². The summed E-state index contributed by atoms with van der Waals surface area (Å²) in [6.45, 7) is 2.87. The molecule has 1 aromatic heterocycles. The minimum atomic E-state index is -0.152. The van der Waals surface area contributed by atoms with Gasteiger partial charge in [-0.3, -0.25) is 4.68 Å². The molecule has 4 heteroatoms. The summed E-state index contributed by atoms with van der Waals surface area (Å²) in [6.07, 6.45) is 2.40. The summed E-state index contributed by atoms with van der Waals surface area (Å²) in [6, 6.07) is 8.95. The zero-order chi connectivity index (χ0) is 13.0. The number of halogens is 1. The molecule has 1 unspecified atom stereocenters. The number of nitrogens with zero attached hydrogens (tertiary/aromatic N) is 2. The number of likely N-dealkylation sites (N-methyl/N-ethyl adjacent to an activating group) is 1. The van der Waals surface area contributed by atoms with Crippen molar-refractivity contribution in [1.82, 2.24) is 15.1 Å². The largest absolute Gasteiger partial charge is 0.311 e. The molecule has 0 bridgehead atoms. The second-order valence-corrected chi connectivity index (χ2v) is 4.21. The Hall–Kier alpha value is -1.68. The monoisotopic (exact) mass is 247 g/mol. The topological polar surface area (TPSA) is 29.9 Å². The summed E-state index contributed by atoms with van der Waals surface area (Å²) in [5.41, 5.74) is 1.81. The Morgan fingerprint density at radius 2 is 2.11 bits per heavy atom. The third-order valence-corrected chi connectivity index (χ3v) is 3.14. The summed E-state index contributed by atoms with van der Waals surface area (Å²) in [4.78, 5) is 0. The molecular formula is C14H18FN3. The summed E-state index contributed by atoms with van der Waals surface area (Å²) < 4.78 is 15.6. The highest BCUT2D eigenvalue weighted by Gasteiger charge is 2.15. The summed E-state index contributed by atoms with van der Waals surface area (Å²) in [5.74, 6) is -0.152. The average molecular weight is 247 g/mol. The van der Waals surface area contributed by atoms with E-state index < -0.39 is 0 Å². The smallest absolute Gasteiger partial charge is 0.126 e. The molecule has 0 saturated heterocycles. The van der Waals surface area contributed by atoms with Gasteiger partial charge in [0.05, 0.1) is 11.7 Å². The van der Waals surface area contributed by atoms with Crippen LogP contribution in [0.2, 0.25) is 0 Å². The Morgan fingerprint density at radius 3 is 2.78 bits per heavy atom. The molecule has 0 saturated carbocycles. The Bertz CT molecular complexity index is 507. The molecule has 1 atom stereocenters. The van der Waals surface area contributed by atoms with Crippen LogP contribution in [0.1, 0.15) is 24.2 Å². The number of benzene rings is 1. The number of nitrogens with one attached hydrogen (secondary N) is 1. The van der Waals surface area contributed by atoms with Gasteiger partial charge in [0.25, 0.3) is 0 Å².